The molecule has 1 aromatic carbocycles. The Balaban J connectivity index is 1.85. The number of carbonyl (C=O) groups is 2. The summed E-state index contributed by atoms with van der Waals surface area (Å²) >= 11 is 0. The number of urea groups is 1. The van der Waals surface area contributed by atoms with E-state index < -0.39 is 5.54 Å². The van der Waals surface area contributed by atoms with Gasteiger partial charge in [0.15, 0.2) is 0 Å². The molecule has 3 amide bonds. The van der Waals surface area contributed by atoms with Crippen molar-refractivity contribution in [1.29, 1.82) is 0 Å². The van der Waals surface area contributed by atoms with Crippen molar-refractivity contribution in [2.45, 2.75) is 52.6 Å². The summed E-state index contributed by atoms with van der Waals surface area (Å²) in [6, 6.07) is 9.90. The normalized spacial score (nSPS) is 20.5. The Morgan fingerprint density at radius 2 is 1.52 bits per heavy atom. The maximum atomic E-state index is 13.4. The van der Waals surface area contributed by atoms with Crippen LogP contribution in [0.1, 0.15) is 46.1 Å². The highest BCUT2D eigenvalue weighted by atomic mass is 16.2. The van der Waals surface area contributed by atoms with E-state index >= 15 is 0 Å². The molecule has 1 spiro atoms. The molecule has 5 nitrogen and oxygen atoms in total. The van der Waals surface area contributed by atoms with Crippen LogP contribution in [-0.2, 0) is 11.3 Å². The monoisotopic (exact) mass is 371 g/mol. The van der Waals surface area contributed by atoms with Gasteiger partial charge in [-0.1, -0.05) is 58.0 Å². The minimum atomic E-state index is -0.671. The van der Waals surface area contributed by atoms with Crippen LogP contribution in [0.15, 0.2) is 30.3 Å². The Hall–Kier alpha value is -1.88. The zero-order valence-electron chi connectivity index (χ0n) is 17.1. The summed E-state index contributed by atoms with van der Waals surface area (Å²) < 4.78 is 0. The Morgan fingerprint density at radius 1 is 0.926 bits per heavy atom. The van der Waals surface area contributed by atoms with Gasteiger partial charge in [-0.2, -0.15) is 0 Å². The molecule has 27 heavy (non-hydrogen) atoms. The van der Waals surface area contributed by atoms with Crippen LogP contribution in [0, 0.1) is 11.8 Å². The molecule has 0 N–H and O–H groups in total. The Labute approximate surface area is 163 Å². The SMILES string of the molecule is CC(C)CN1CCC2(CC1)C(=O)N(CC(C)C)C(=O)N2Cc1ccccc1. The van der Waals surface area contributed by atoms with E-state index in [1.165, 1.54) is 4.90 Å². The molecule has 0 aromatic heterocycles. The highest BCUT2D eigenvalue weighted by Gasteiger charge is 2.57. The topological polar surface area (TPSA) is 43.9 Å². The summed E-state index contributed by atoms with van der Waals surface area (Å²) in [5.41, 5.74) is 0.406. The average molecular weight is 372 g/mol. The fraction of sp³-hybridized carbons (Fsp3) is 0.636. The molecule has 1 aromatic rings. The van der Waals surface area contributed by atoms with Crippen LogP contribution in [0.3, 0.4) is 0 Å². The molecule has 0 saturated carbocycles. The highest BCUT2D eigenvalue weighted by molar-refractivity contribution is 6.07. The number of hydrogen-bond acceptors (Lipinski definition) is 3. The first kappa shape index (κ1) is 19.9. The van der Waals surface area contributed by atoms with E-state index in [1.807, 2.05) is 35.2 Å². The lowest BCUT2D eigenvalue weighted by atomic mass is 9.85. The number of likely N-dealkylation sites (tertiary alicyclic amines) is 1. The van der Waals surface area contributed by atoms with Crippen molar-refractivity contribution in [3.8, 4) is 0 Å². The van der Waals surface area contributed by atoms with Gasteiger partial charge in [-0.3, -0.25) is 9.69 Å². The van der Waals surface area contributed by atoms with Gasteiger partial charge < -0.3 is 9.80 Å². The van der Waals surface area contributed by atoms with E-state index in [2.05, 4.69) is 32.6 Å². The third kappa shape index (κ3) is 4.03. The molecule has 148 valence electrons. The van der Waals surface area contributed by atoms with Crippen LogP contribution in [-0.4, -0.2) is 58.4 Å². The minimum Gasteiger partial charge on any atom is -0.305 e. The zero-order chi connectivity index (χ0) is 19.6. The van der Waals surface area contributed by atoms with Gasteiger partial charge in [-0.05, 0) is 30.2 Å². The van der Waals surface area contributed by atoms with E-state index in [0.717, 1.165) is 38.0 Å². The van der Waals surface area contributed by atoms with Crippen LogP contribution < -0.4 is 0 Å². The van der Waals surface area contributed by atoms with E-state index in [-0.39, 0.29) is 17.9 Å². The van der Waals surface area contributed by atoms with E-state index in [9.17, 15) is 9.59 Å². The number of rotatable bonds is 6. The quantitative estimate of drug-likeness (QED) is 0.718. The molecular weight excluding hydrogens is 338 g/mol. The molecule has 3 rings (SSSR count). The van der Waals surface area contributed by atoms with Crippen molar-refractivity contribution in [3.63, 3.8) is 0 Å². The number of imide groups is 1. The molecule has 0 radical (unpaired) electrons. The van der Waals surface area contributed by atoms with Crippen LogP contribution in [0.25, 0.3) is 0 Å². The maximum absolute atomic E-state index is 13.4. The van der Waals surface area contributed by atoms with Crippen molar-refractivity contribution in [3.05, 3.63) is 35.9 Å². The van der Waals surface area contributed by atoms with Gasteiger partial charge in [0.05, 0.1) is 0 Å². The minimum absolute atomic E-state index is 0.0151. The lowest BCUT2D eigenvalue weighted by molar-refractivity contribution is -0.136. The van der Waals surface area contributed by atoms with E-state index in [0.29, 0.717) is 19.0 Å². The molecule has 0 unspecified atom stereocenters. The Kier molecular flexibility index (Phi) is 5.89. The van der Waals surface area contributed by atoms with Gasteiger partial charge in [-0.15, -0.1) is 0 Å². The van der Waals surface area contributed by atoms with Gasteiger partial charge in [0.25, 0.3) is 5.91 Å². The standard InChI is InChI=1S/C22H33N3O2/c1-17(2)14-23-12-10-22(11-13-23)20(26)24(15-18(3)4)21(27)25(22)16-19-8-6-5-7-9-19/h5-9,17-18H,10-16H2,1-4H3. The van der Waals surface area contributed by atoms with Crippen molar-refractivity contribution >= 4 is 11.9 Å². The van der Waals surface area contributed by atoms with Gasteiger partial charge >= 0.3 is 6.03 Å². The molecule has 0 atom stereocenters. The number of benzene rings is 1. The van der Waals surface area contributed by atoms with Crippen LogP contribution >= 0.6 is 0 Å². The predicted octanol–water partition coefficient (Wildman–Crippen LogP) is 3.60. The number of nitrogens with zero attached hydrogens (tertiary/aromatic N) is 3. The van der Waals surface area contributed by atoms with E-state index in [1.54, 1.807) is 0 Å². The predicted molar refractivity (Wildman–Crippen MR) is 107 cm³/mol. The number of carbonyl (C=O) groups excluding carboxylic acids is 2. The summed E-state index contributed by atoms with van der Waals surface area (Å²) in [5, 5.41) is 0. The van der Waals surface area contributed by atoms with Crippen LogP contribution in [0.5, 0.6) is 0 Å². The zero-order valence-corrected chi connectivity index (χ0v) is 17.1. The molecule has 0 bridgehead atoms. The summed E-state index contributed by atoms with van der Waals surface area (Å²) in [6.07, 6.45) is 1.46. The lowest BCUT2D eigenvalue weighted by Gasteiger charge is -2.42. The molecule has 0 aliphatic carbocycles. The smallest absolute Gasteiger partial charge is 0.305 e. The molecule has 2 aliphatic rings. The highest BCUT2D eigenvalue weighted by Crippen LogP contribution is 2.38. The fourth-order valence-electron chi connectivity index (χ4n) is 4.40. The Morgan fingerprint density at radius 3 is 2.07 bits per heavy atom. The number of amides is 3. The second-order valence-corrected chi connectivity index (χ2v) is 8.89. The van der Waals surface area contributed by atoms with Gasteiger partial charge in [0, 0.05) is 32.7 Å². The van der Waals surface area contributed by atoms with Crippen LogP contribution in [0.4, 0.5) is 4.79 Å². The van der Waals surface area contributed by atoms with Crippen molar-refractivity contribution < 1.29 is 9.59 Å². The van der Waals surface area contributed by atoms with Crippen molar-refractivity contribution in [1.82, 2.24) is 14.7 Å². The average Bonchev–Trinajstić information content (AvgIpc) is 2.80. The summed E-state index contributed by atoms with van der Waals surface area (Å²) in [4.78, 5) is 32.4. The first-order valence-corrected chi connectivity index (χ1v) is 10.2. The lowest BCUT2D eigenvalue weighted by Crippen LogP contribution is -2.56. The second kappa shape index (κ2) is 8.01. The van der Waals surface area contributed by atoms with Crippen molar-refractivity contribution in [2.75, 3.05) is 26.2 Å². The van der Waals surface area contributed by atoms with Crippen LogP contribution in [0.2, 0.25) is 0 Å². The van der Waals surface area contributed by atoms with Crippen molar-refractivity contribution in [2.24, 2.45) is 11.8 Å². The maximum Gasteiger partial charge on any atom is 0.327 e. The third-order valence-corrected chi connectivity index (χ3v) is 5.66. The van der Waals surface area contributed by atoms with Gasteiger partial charge in [0.1, 0.15) is 5.54 Å². The molecule has 2 aliphatic heterocycles. The third-order valence-electron chi connectivity index (χ3n) is 5.66. The summed E-state index contributed by atoms with van der Waals surface area (Å²) in [6.45, 7) is 12.4. The van der Waals surface area contributed by atoms with Gasteiger partial charge in [0.2, 0.25) is 0 Å². The molecule has 2 saturated heterocycles. The summed E-state index contributed by atoms with van der Waals surface area (Å²) in [5.74, 6) is 0.895. The Bertz CT molecular complexity index is 663. The molecule has 2 fully saturated rings. The molecular formula is C22H33N3O2. The molecule has 5 heteroatoms. The molecule has 2 heterocycles. The summed E-state index contributed by atoms with van der Waals surface area (Å²) in [7, 11) is 0. The largest absolute Gasteiger partial charge is 0.327 e. The number of piperidine rings is 1. The first-order valence-electron chi connectivity index (χ1n) is 10.2. The second-order valence-electron chi connectivity index (χ2n) is 8.89. The first-order chi connectivity index (χ1) is 12.8. The number of hydrogen-bond donors (Lipinski definition) is 0. The fourth-order valence-corrected chi connectivity index (χ4v) is 4.40. The van der Waals surface area contributed by atoms with Gasteiger partial charge in [-0.25, -0.2) is 4.79 Å². The van der Waals surface area contributed by atoms with E-state index in [4.69, 9.17) is 0 Å².